The number of carbonyl (C=O) groups is 2. The van der Waals surface area contributed by atoms with Crippen LogP contribution in [-0.4, -0.2) is 63.0 Å². The fourth-order valence-electron chi connectivity index (χ4n) is 2.69. The Morgan fingerprint density at radius 2 is 2.17 bits per heavy atom. The number of carbonyl (C=O) groups excluding carboxylic acids is 2. The second-order valence-corrected chi connectivity index (χ2v) is 6.68. The maximum atomic E-state index is 12.3. The first-order chi connectivity index (χ1) is 8.50. The summed E-state index contributed by atoms with van der Waals surface area (Å²) < 4.78 is 11.1. The summed E-state index contributed by atoms with van der Waals surface area (Å²) in [5.41, 5.74) is 0. The summed E-state index contributed by atoms with van der Waals surface area (Å²) in [6.45, 7) is 2.84. The molecule has 102 valence electrons. The van der Waals surface area contributed by atoms with E-state index in [0.29, 0.717) is 12.2 Å². The van der Waals surface area contributed by atoms with Crippen LogP contribution in [0.15, 0.2) is 0 Å². The van der Waals surface area contributed by atoms with Crippen molar-refractivity contribution in [1.82, 2.24) is 9.80 Å². The first kappa shape index (κ1) is 13.5. The van der Waals surface area contributed by atoms with Gasteiger partial charge in [0.15, 0.2) is 0 Å². The molecule has 0 aromatic heterocycles. The molecule has 0 radical (unpaired) electrons. The van der Waals surface area contributed by atoms with Gasteiger partial charge in [-0.05, 0) is 26.2 Å². The molecular weight excluding hydrogens is 252 g/mol. The fraction of sp³-hybridized carbons (Fsp3) is 0.833. The van der Waals surface area contributed by atoms with Crippen LogP contribution in [0.4, 0.5) is 0 Å². The van der Waals surface area contributed by atoms with Gasteiger partial charge in [0.2, 0.25) is 11.8 Å². The Balaban J connectivity index is 2.02. The van der Waals surface area contributed by atoms with Gasteiger partial charge in [0.05, 0.1) is 0 Å². The molecule has 2 aliphatic heterocycles. The summed E-state index contributed by atoms with van der Waals surface area (Å²) in [6.07, 6.45) is 4.06. The standard InChI is InChI=1S/C12H20N2O3S/c1-9(5-7-18(2)17)14-8-11(15)13-6-3-4-10(13)12(14)16/h9-10H,3-8H2,1-2H3. The van der Waals surface area contributed by atoms with Crippen molar-refractivity contribution in [3.63, 3.8) is 0 Å². The van der Waals surface area contributed by atoms with Gasteiger partial charge in [-0.25, -0.2) is 0 Å². The van der Waals surface area contributed by atoms with Gasteiger partial charge in [0.25, 0.3) is 0 Å². The molecule has 2 heterocycles. The molecule has 6 heteroatoms. The topological polar surface area (TPSA) is 57.7 Å². The molecule has 3 unspecified atom stereocenters. The summed E-state index contributed by atoms with van der Waals surface area (Å²) in [5, 5.41) is 0. The van der Waals surface area contributed by atoms with Crippen molar-refractivity contribution in [3.8, 4) is 0 Å². The van der Waals surface area contributed by atoms with Crippen LogP contribution in [0.1, 0.15) is 26.2 Å². The molecule has 0 N–H and O–H groups in total. The van der Waals surface area contributed by atoms with Crippen LogP contribution in [0.3, 0.4) is 0 Å². The normalized spacial score (nSPS) is 27.3. The van der Waals surface area contributed by atoms with Gasteiger partial charge in [-0.1, -0.05) is 0 Å². The lowest BCUT2D eigenvalue weighted by Gasteiger charge is -2.39. The van der Waals surface area contributed by atoms with Crippen LogP contribution >= 0.6 is 0 Å². The minimum Gasteiger partial charge on any atom is -0.329 e. The molecule has 0 aromatic carbocycles. The molecule has 2 rings (SSSR count). The number of rotatable bonds is 4. The maximum absolute atomic E-state index is 12.3. The fourth-order valence-corrected chi connectivity index (χ4v) is 3.37. The van der Waals surface area contributed by atoms with Crippen LogP contribution in [-0.2, 0) is 20.4 Å². The second-order valence-electron chi connectivity index (χ2n) is 5.13. The highest BCUT2D eigenvalue weighted by Crippen LogP contribution is 2.25. The molecule has 2 saturated heterocycles. The Bertz CT molecular complexity index is 386. The molecule has 0 saturated carbocycles. The second kappa shape index (κ2) is 5.38. The van der Waals surface area contributed by atoms with E-state index in [-0.39, 0.29) is 30.4 Å². The number of hydrogen-bond donors (Lipinski definition) is 0. The minimum atomic E-state index is -0.849. The quantitative estimate of drug-likeness (QED) is 0.722. The van der Waals surface area contributed by atoms with Gasteiger partial charge in [-0.3, -0.25) is 13.8 Å². The molecule has 0 aromatic rings. The lowest BCUT2D eigenvalue weighted by Crippen LogP contribution is -2.59. The number of piperazine rings is 1. The Morgan fingerprint density at radius 1 is 1.44 bits per heavy atom. The van der Waals surface area contributed by atoms with E-state index in [2.05, 4.69) is 0 Å². The average molecular weight is 272 g/mol. The zero-order valence-electron chi connectivity index (χ0n) is 10.9. The third-order valence-electron chi connectivity index (χ3n) is 3.80. The average Bonchev–Trinajstić information content (AvgIpc) is 2.80. The molecule has 2 aliphatic rings. The smallest absolute Gasteiger partial charge is 0.246 e. The lowest BCUT2D eigenvalue weighted by molar-refractivity contribution is -0.155. The molecule has 0 bridgehead atoms. The monoisotopic (exact) mass is 272 g/mol. The number of hydrogen-bond acceptors (Lipinski definition) is 3. The van der Waals surface area contributed by atoms with Crippen LogP contribution in [0, 0.1) is 0 Å². The highest BCUT2D eigenvalue weighted by molar-refractivity contribution is 7.84. The number of amides is 2. The van der Waals surface area contributed by atoms with Crippen LogP contribution < -0.4 is 0 Å². The van der Waals surface area contributed by atoms with E-state index in [1.807, 2.05) is 6.92 Å². The van der Waals surface area contributed by atoms with Crippen molar-refractivity contribution in [1.29, 1.82) is 0 Å². The largest absolute Gasteiger partial charge is 0.329 e. The molecule has 2 amide bonds. The lowest BCUT2D eigenvalue weighted by atomic mass is 10.1. The molecule has 3 atom stereocenters. The highest BCUT2D eigenvalue weighted by Gasteiger charge is 2.43. The maximum Gasteiger partial charge on any atom is 0.246 e. The van der Waals surface area contributed by atoms with Crippen LogP contribution in [0.25, 0.3) is 0 Å². The van der Waals surface area contributed by atoms with Gasteiger partial charge < -0.3 is 9.80 Å². The number of nitrogens with zero attached hydrogens (tertiary/aromatic N) is 2. The van der Waals surface area contributed by atoms with Gasteiger partial charge in [-0.15, -0.1) is 0 Å². The molecule has 0 spiro atoms. The summed E-state index contributed by atoms with van der Waals surface area (Å²) in [6, 6.07) is -0.242. The number of fused-ring (bicyclic) bond motifs is 1. The summed E-state index contributed by atoms with van der Waals surface area (Å²) in [7, 11) is -0.849. The summed E-state index contributed by atoms with van der Waals surface area (Å²) in [5.74, 6) is 0.705. The molecular formula is C12H20N2O3S. The van der Waals surface area contributed by atoms with Crippen molar-refractivity contribution >= 4 is 22.6 Å². The zero-order chi connectivity index (χ0) is 13.3. The van der Waals surface area contributed by atoms with Crippen LogP contribution in [0.2, 0.25) is 0 Å². The van der Waals surface area contributed by atoms with E-state index in [9.17, 15) is 13.8 Å². The molecule has 18 heavy (non-hydrogen) atoms. The Hall–Kier alpha value is -0.910. The first-order valence-corrected chi connectivity index (χ1v) is 8.13. The zero-order valence-corrected chi connectivity index (χ0v) is 11.7. The highest BCUT2D eigenvalue weighted by atomic mass is 32.2. The van der Waals surface area contributed by atoms with E-state index in [1.165, 1.54) is 0 Å². The summed E-state index contributed by atoms with van der Waals surface area (Å²) in [4.78, 5) is 27.6. The molecule has 2 fully saturated rings. The van der Waals surface area contributed by atoms with Crippen molar-refractivity contribution in [2.45, 2.75) is 38.3 Å². The van der Waals surface area contributed by atoms with Crippen molar-refractivity contribution in [3.05, 3.63) is 0 Å². The van der Waals surface area contributed by atoms with E-state index >= 15 is 0 Å². The van der Waals surface area contributed by atoms with E-state index in [0.717, 1.165) is 19.4 Å². The predicted octanol–water partition coefficient (Wildman–Crippen LogP) is -0.0233. The SMILES string of the molecule is CC(CCS(C)=O)N1CC(=O)N2CCCC2C1=O. The Labute approximate surface area is 110 Å². The third-order valence-corrected chi connectivity index (χ3v) is 4.61. The van der Waals surface area contributed by atoms with Crippen molar-refractivity contribution in [2.24, 2.45) is 0 Å². The van der Waals surface area contributed by atoms with Gasteiger partial charge in [0, 0.05) is 35.4 Å². The van der Waals surface area contributed by atoms with Crippen molar-refractivity contribution < 1.29 is 13.8 Å². The van der Waals surface area contributed by atoms with E-state index in [1.54, 1.807) is 16.1 Å². The third kappa shape index (κ3) is 2.58. The molecule has 5 nitrogen and oxygen atoms in total. The van der Waals surface area contributed by atoms with Gasteiger partial charge in [0.1, 0.15) is 12.6 Å². The van der Waals surface area contributed by atoms with Crippen LogP contribution in [0.5, 0.6) is 0 Å². The van der Waals surface area contributed by atoms with E-state index < -0.39 is 10.8 Å². The summed E-state index contributed by atoms with van der Waals surface area (Å²) >= 11 is 0. The first-order valence-electron chi connectivity index (χ1n) is 6.40. The van der Waals surface area contributed by atoms with E-state index in [4.69, 9.17) is 0 Å². The molecule has 0 aliphatic carbocycles. The Kier molecular flexibility index (Phi) is 4.04. The predicted molar refractivity (Wildman–Crippen MR) is 69.5 cm³/mol. The van der Waals surface area contributed by atoms with Gasteiger partial charge in [-0.2, -0.15) is 0 Å². The minimum absolute atomic E-state index is 0.00639. The van der Waals surface area contributed by atoms with Gasteiger partial charge >= 0.3 is 0 Å². The Morgan fingerprint density at radius 3 is 2.83 bits per heavy atom. The van der Waals surface area contributed by atoms with Crippen molar-refractivity contribution in [2.75, 3.05) is 25.1 Å².